The van der Waals surface area contributed by atoms with Crippen molar-refractivity contribution >= 4 is 18.0 Å². The molecule has 1 aliphatic rings. The minimum absolute atomic E-state index is 0.0555. The number of carbonyl (C=O) groups is 3. The van der Waals surface area contributed by atoms with Crippen molar-refractivity contribution < 1.29 is 29.0 Å². The largest absolute Gasteiger partial charge is 0.489 e. The Kier molecular flexibility index (Phi) is 8.59. The van der Waals surface area contributed by atoms with Gasteiger partial charge >= 0.3 is 12.1 Å². The Labute approximate surface area is 237 Å². The number of ether oxygens (including phenoxy) is 2. The van der Waals surface area contributed by atoms with Crippen molar-refractivity contribution in [1.29, 1.82) is 0 Å². The molecule has 5 rings (SSSR count). The molecule has 208 valence electrons. The van der Waals surface area contributed by atoms with Crippen LogP contribution in [0.2, 0.25) is 0 Å². The van der Waals surface area contributed by atoms with Crippen molar-refractivity contribution in [3.8, 4) is 16.9 Å². The van der Waals surface area contributed by atoms with Crippen molar-refractivity contribution in [1.82, 2.24) is 10.6 Å². The van der Waals surface area contributed by atoms with Crippen LogP contribution < -0.4 is 15.4 Å². The normalized spacial score (nSPS) is 12.5. The van der Waals surface area contributed by atoms with Gasteiger partial charge in [0.1, 0.15) is 25.0 Å². The molecule has 4 aromatic carbocycles. The molecule has 41 heavy (non-hydrogen) atoms. The molecular weight excluding hydrogens is 520 g/mol. The van der Waals surface area contributed by atoms with Gasteiger partial charge in [-0.15, -0.1) is 0 Å². The van der Waals surface area contributed by atoms with Gasteiger partial charge in [-0.2, -0.15) is 0 Å². The zero-order chi connectivity index (χ0) is 28.6. The molecule has 3 N–H and O–H groups in total. The number of fused-ring (bicyclic) bond motifs is 3. The summed E-state index contributed by atoms with van der Waals surface area (Å²) >= 11 is 0. The van der Waals surface area contributed by atoms with Gasteiger partial charge in [0.25, 0.3) is 0 Å². The van der Waals surface area contributed by atoms with Crippen LogP contribution in [0, 0.1) is 0 Å². The average Bonchev–Trinajstić information content (AvgIpc) is 3.32. The van der Waals surface area contributed by atoms with Crippen LogP contribution in [-0.4, -0.2) is 35.7 Å². The maximum Gasteiger partial charge on any atom is 0.407 e. The molecule has 8 nitrogen and oxygen atoms in total. The molecule has 0 saturated heterocycles. The van der Waals surface area contributed by atoms with E-state index in [0.29, 0.717) is 12.4 Å². The Balaban J connectivity index is 1.14. The third-order valence-electron chi connectivity index (χ3n) is 6.97. The number of hydrogen-bond acceptors (Lipinski definition) is 5. The van der Waals surface area contributed by atoms with Crippen LogP contribution in [0.4, 0.5) is 4.79 Å². The highest BCUT2D eigenvalue weighted by molar-refractivity contribution is 5.89. The summed E-state index contributed by atoms with van der Waals surface area (Å²) in [5, 5.41) is 14.4. The van der Waals surface area contributed by atoms with E-state index in [4.69, 9.17) is 9.47 Å². The lowest BCUT2D eigenvalue weighted by Crippen LogP contribution is -2.48. The molecule has 2 amide bonds. The molecule has 0 heterocycles. The number of aliphatic carboxylic acids is 1. The molecule has 4 aromatic rings. The monoisotopic (exact) mass is 550 g/mol. The molecule has 0 bridgehead atoms. The summed E-state index contributed by atoms with van der Waals surface area (Å²) in [6, 6.07) is 31.6. The SMILES string of the molecule is O=C(O)CC(NC(=O)OCC1c2ccccc2-c2ccccc21)C(=O)NCc1ccc(OCc2ccccc2)cc1. The summed E-state index contributed by atoms with van der Waals surface area (Å²) < 4.78 is 11.3. The molecule has 1 atom stereocenters. The smallest absolute Gasteiger partial charge is 0.407 e. The number of hydrogen-bond donors (Lipinski definition) is 3. The first-order valence-electron chi connectivity index (χ1n) is 13.3. The van der Waals surface area contributed by atoms with Gasteiger partial charge < -0.3 is 25.2 Å². The minimum atomic E-state index is -1.29. The molecule has 0 aliphatic heterocycles. The lowest BCUT2D eigenvalue weighted by atomic mass is 9.98. The lowest BCUT2D eigenvalue weighted by molar-refractivity contribution is -0.139. The van der Waals surface area contributed by atoms with E-state index in [0.717, 1.165) is 33.4 Å². The van der Waals surface area contributed by atoms with Crippen LogP contribution in [0.25, 0.3) is 11.1 Å². The van der Waals surface area contributed by atoms with Gasteiger partial charge in [-0.25, -0.2) is 4.79 Å². The molecule has 0 saturated carbocycles. The number of carboxylic acids is 1. The van der Waals surface area contributed by atoms with Gasteiger partial charge in [-0.1, -0.05) is 91.0 Å². The molecule has 1 aliphatic carbocycles. The highest BCUT2D eigenvalue weighted by atomic mass is 16.5. The molecule has 0 spiro atoms. The van der Waals surface area contributed by atoms with Gasteiger partial charge in [-0.05, 0) is 45.5 Å². The number of nitrogens with one attached hydrogen (secondary N) is 2. The maximum atomic E-state index is 12.8. The Morgan fingerprint density at radius 3 is 2.00 bits per heavy atom. The lowest BCUT2D eigenvalue weighted by Gasteiger charge is -2.19. The minimum Gasteiger partial charge on any atom is -0.489 e. The molecule has 8 heteroatoms. The van der Waals surface area contributed by atoms with Crippen LogP contribution in [-0.2, 0) is 27.5 Å². The third kappa shape index (κ3) is 6.91. The first kappa shape index (κ1) is 27.5. The number of carbonyl (C=O) groups excluding carboxylic acids is 2. The number of amides is 2. The van der Waals surface area contributed by atoms with E-state index < -0.39 is 30.4 Å². The van der Waals surface area contributed by atoms with Gasteiger partial charge in [-0.3, -0.25) is 9.59 Å². The summed E-state index contributed by atoms with van der Waals surface area (Å²) in [6.45, 7) is 0.648. The van der Waals surface area contributed by atoms with E-state index in [1.54, 1.807) is 12.1 Å². The van der Waals surface area contributed by atoms with E-state index >= 15 is 0 Å². The zero-order valence-corrected chi connectivity index (χ0v) is 22.3. The fourth-order valence-corrected chi connectivity index (χ4v) is 4.92. The number of rotatable bonds is 11. The predicted molar refractivity (Wildman–Crippen MR) is 153 cm³/mol. The Hall–Kier alpha value is -5.11. The standard InChI is InChI=1S/C33H30N2O6/c36-31(37)18-30(32(38)34-19-22-14-16-24(17-15-22)40-20-23-8-2-1-3-9-23)35-33(39)41-21-29-27-12-6-4-10-25(27)26-11-5-7-13-28(26)29/h1-17,29-30H,18-21H2,(H,34,38)(H,35,39)(H,36,37). The number of carboxylic acid groups (broad SMARTS) is 1. The van der Waals surface area contributed by atoms with Gasteiger partial charge in [0, 0.05) is 12.5 Å². The second kappa shape index (κ2) is 12.8. The number of alkyl carbamates (subject to hydrolysis) is 1. The van der Waals surface area contributed by atoms with Gasteiger partial charge in [0.15, 0.2) is 0 Å². The zero-order valence-electron chi connectivity index (χ0n) is 22.3. The molecule has 1 unspecified atom stereocenters. The van der Waals surface area contributed by atoms with Crippen LogP contribution in [0.1, 0.15) is 34.6 Å². The fraction of sp³-hybridized carbons (Fsp3) is 0.182. The first-order valence-corrected chi connectivity index (χ1v) is 13.3. The predicted octanol–water partition coefficient (Wildman–Crippen LogP) is 5.26. The average molecular weight is 551 g/mol. The summed E-state index contributed by atoms with van der Waals surface area (Å²) in [4.78, 5) is 36.9. The molecule has 0 fully saturated rings. The number of benzene rings is 4. The summed E-state index contributed by atoms with van der Waals surface area (Å²) in [7, 11) is 0. The maximum absolute atomic E-state index is 12.8. The molecule has 0 aromatic heterocycles. The van der Waals surface area contributed by atoms with Gasteiger partial charge in [0.05, 0.1) is 6.42 Å². The van der Waals surface area contributed by atoms with E-state index in [1.807, 2.05) is 91.0 Å². The first-order chi connectivity index (χ1) is 20.0. The van der Waals surface area contributed by atoms with Gasteiger partial charge in [0.2, 0.25) is 5.91 Å². The quantitative estimate of drug-likeness (QED) is 0.235. The molecule has 0 radical (unpaired) electrons. The van der Waals surface area contributed by atoms with E-state index in [-0.39, 0.29) is 19.1 Å². The third-order valence-corrected chi connectivity index (χ3v) is 6.97. The Bertz CT molecular complexity index is 1480. The highest BCUT2D eigenvalue weighted by Gasteiger charge is 2.30. The Morgan fingerprint density at radius 2 is 1.37 bits per heavy atom. The fourth-order valence-electron chi connectivity index (χ4n) is 4.92. The van der Waals surface area contributed by atoms with Crippen molar-refractivity contribution in [2.75, 3.05) is 6.61 Å². The second-order valence-electron chi connectivity index (χ2n) is 9.76. The van der Waals surface area contributed by atoms with Crippen molar-refractivity contribution in [2.24, 2.45) is 0 Å². The van der Waals surface area contributed by atoms with E-state index in [9.17, 15) is 19.5 Å². The van der Waals surface area contributed by atoms with Crippen LogP contribution in [0.15, 0.2) is 103 Å². The summed E-state index contributed by atoms with van der Waals surface area (Å²) in [5.74, 6) is -1.31. The van der Waals surface area contributed by atoms with Crippen LogP contribution in [0.3, 0.4) is 0 Å². The van der Waals surface area contributed by atoms with Crippen molar-refractivity contribution in [3.63, 3.8) is 0 Å². The highest BCUT2D eigenvalue weighted by Crippen LogP contribution is 2.44. The van der Waals surface area contributed by atoms with Crippen LogP contribution >= 0.6 is 0 Å². The van der Waals surface area contributed by atoms with Crippen LogP contribution in [0.5, 0.6) is 5.75 Å². The second-order valence-corrected chi connectivity index (χ2v) is 9.76. The van der Waals surface area contributed by atoms with E-state index in [2.05, 4.69) is 10.6 Å². The summed E-state index contributed by atoms with van der Waals surface area (Å²) in [5.41, 5.74) is 6.14. The Morgan fingerprint density at radius 1 is 0.756 bits per heavy atom. The van der Waals surface area contributed by atoms with E-state index in [1.165, 1.54) is 0 Å². The topological polar surface area (TPSA) is 114 Å². The van der Waals surface area contributed by atoms with Crippen molar-refractivity contribution in [3.05, 3.63) is 125 Å². The molecular formula is C33H30N2O6. The summed E-state index contributed by atoms with van der Waals surface area (Å²) in [6.07, 6.45) is -1.43. The van der Waals surface area contributed by atoms with Crippen molar-refractivity contribution in [2.45, 2.75) is 31.5 Å².